The lowest BCUT2D eigenvalue weighted by Crippen LogP contribution is -2.67. The highest BCUT2D eigenvalue weighted by Crippen LogP contribution is 2.73. The van der Waals surface area contributed by atoms with Gasteiger partial charge in [-0.3, -0.25) is 9.69 Å². The molecule has 2 saturated carbocycles. The van der Waals surface area contributed by atoms with Gasteiger partial charge in [-0.15, -0.1) is 0 Å². The molecular weight excluding hydrogens is 300 g/mol. The van der Waals surface area contributed by atoms with Gasteiger partial charge in [0.15, 0.2) is 0 Å². The third kappa shape index (κ3) is 2.21. The predicted octanol–water partition coefficient (Wildman–Crippen LogP) is 3.20. The third-order valence-electron chi connectivity index (χ3n) is 8.25. The summed E-state index contributed by atoms with van der Waals surface area (Å²) in [7, 11) is 0. The molecule has 1 saturated heterocycles. The molecule has 2 aliphatic carbocycles. The number of esters is 1. The van der Waals surface area contributed by atoms with Gasteiger partial charge in [-0.25, -0.2) is 0 Å². The highest BCUT2D eigenvalue weighted by Gasteiger charge is 2.73. The monoisotopic (exact) mass is 336 g/mol. The summed E-state index contributed by atoms with van der Waals surface area (Å²) in [6, 6.07) is 0. The maximum absolute atomic E-state index is 12.9. The Labute approximate surface area is 147 Å². The number of carbonyl (C=O) groups excluding carboxylic acids is 1. The van der Waals surface area contributed by atoms with Crippen molar-refractivity contribution in [1.82, 2.24) is 4.90 Å². The van der Waals surface area contributed by atoms with E-state index in [-0.39, 0.29) is 28.3 Å². The molecule has 3 aliphatic rings. The van der Waals surface area contributed by atoms with Crippen LogP contribution in [0.15, 0.2) is 0 Å². The van der Waals surface area contributed by atoms with Crippen LogP contribution in [0, 0.1) is 22.7 Å². The highest BCUT2D eigenvalue weighted by atomic mass is 16.5. The van der Waals surface area contributed by atoms with Gasteiger partial charge < -0.3 is 10.5 Å². The Bertz CT molecular complexity index is 486. The van der Waals surface area contributed by atoms with Crippen molar-refractivity contribution >= 4 is 5.97 Å². The third-order valence-corrected chi connectivity index (χ3v) is 8.25. The summed E-state index contributed by atoms with van der Waals surface area (Å²) in [4.78, 5) is 15.6. The number of piperidine rings is 1. The number of nitrogens with zero attached hydrogens (tertiary/aromatic N) is 1. The van der Waals surface area contributed by atoms with Crippen LogP contribution in [0.3, 0.4) is 0 Å². The van der Waals surface area contributed by atoms with Crippen molar-refractivity contribution in [3.05, 3.63) is 0 Å². The van der Waals surface area contributed by atoms with Crippen LogP contribution in [-0.2, 0) is 9.53 Å². The lowest BCUT2D eigenvalue weighted by atomic mass is 9.57. The average molecular weight is 337 g/mol. The Morgan fingerprint density at radius 2 is 1.92 bits per heavy atom. The van der Waals surface area contributed by atoms with Crippen LogP contribution in [0.2, 0.25) is 0 Å². The molecule has 138 valence electrons. The lowest BCUT2D eigenvalue weighted by molar-refractivity contribution is -0.164. The van der Waals surface area contributed by atoms with Crippen LogP contribution < -0.4 is 5.73 Å². The van der Waals surface area contributed by atoms with E-state index in [2.05, 4.69) is 25.7 Å². The van der Waals surface area contributed by atoms with E-state index in [9.17, 15) is 4.79 Å². The summed E-state index contributed by atoms with van der Waals surface area (Å²) in [5.41, 5.74) is 6.48. The maximum Gasteiger partial charge on any atom is 0.312 e. The van der Waals surface area contributed by atoms with E-state index >= 15 is 0 Å². The Morgan fingerprint density at radius 3 is 2.38 bits per heavy atom. The second-order valence-corrected chi connectivity index (χ2v) is 9.01. The minimum atomic E-state index is -0.204. The zero-order chi connectivity index (χ0) is 17.6. The molecule has 2 N–H and O–H groups in total. The number of fused-ring (bicyclic) bond motifs is 2. The first-order chi connectivity index (χ1) is 11.3. The molecular formula is C20H36N2O2. The van der Waals surface area contributed by atoms with Crippen molar-refractivity contribution < 1.29 is 9.53 Å². The molecule has 0 spiro atoms. The average Bonchev–Trinajstić information content (AvgIpc) is 2.89. The number of nitrogens with two attached hydrogens (primary N) is 1. The first kappa shape index (κ1) is 18.2. The Morgan fingerprint density at radius 1 is 1.25 bits per heavy atom. The maximum atomic E-state index is 12.9. The molecule has 3 rings (SSSR count). The number of rotatable bonds is 5. The van der Waals surface area contributed by atoms with E-state index < -0.39 is 0 Å². The van der Waals surface area contributed by atoms with Gasteiger partial charge >= 0.3 is 5.97 Å². The number of hydrogen-bond donors (Lipinski definition) is 1. The fourth-order valence-corrected chi connectivity index (χ4v) is 6.58. The molecule has 0 unspecified atom stereocenters. The van der Waals surface area contributed by atoms with Crippen LogP contribution in [0.4, 0.5) is 0 Å². The number of hydrogen-bond acceptors (Lipinski definition) is 4. The summed E-state index contributed by atoms with van der Waals surface area (Å²) in [6.45, 7) is 12.2. The normalized spacial score (nSPS) is 39.8. The first-order valence-electron chi connectivity index (χ1n) is 9.97. The Kier molecular flexibility index (Phi) is 4.76. The molecule has 2 bridgehead atoms. The molecule has 0 amide bonds. The number of likely N-dealkylation sites (tertiary alicyclic amines) is 1. The zero-order valence-corrected chi connectivity index (χ0v) is 16.1. The van der Waals surface area contributed by atoms with Crippen LogP contribution >= 0.6 is 0 Å². The Balaban J connectivity index is 2.07. The minimum Gasteiger partial charge on any atom is -0.466 e. The Hall–Kier alpha value is -0.610. The molecule has 3 fully saturated rings. The van der Waals surface area contributed by atoms with Crippen molar-refractivity contribution in [3.8, 4) is 0 Å². The largest absolute Gasteiger partial charge is 0.466 e. The summed E-state index contributed by atoms with van der Waals surface area (Å²) < 4.78 is 5.50. The van der Waals surface area contributed by atoms with Crippen LogP contribution in [0.25, 0.3) is 0 Å². The quantitative estimate of drug-likeness (QED) is 0.783. The molecule has 4 heteroatoms. The fraction of sp³-hybridized carbons (Fsp3) is 0.950. The van der Waals surface area contributed by atoms with Gasteiger partial charge in [0, 0.05) is 12.1 Å². The predicted molar refractivity (Wildman–Crippen MR) is 96.6 cm³/mol. The second kappa shape index (κ2) is 6.28. The summed E-state index contributed by atoms with van der Waals surface area (Å²) >= 11 is 0. The molecule has 4 atom stereocenters. The molecule has 24 heavy (non-hydrogen) atoms. The highest BCUT2D eigenvalue weighted by molar-refractivity contribution is 5.75. The molecule has 0 aromatic carbocycles. The molecule has 0 aromatic heterocycles. The molecule has 0 aromatic rings. The standard InChI is InChI=1S/C20H36N2O2/c1-5-24-17(23)16(14-21)20(22-11-7-6-8-12-22)13-15-9-10-19(20,4)18(15,2)3/h15-16H,5-14,21H2,1-4H3/t15-,16-,19+,20-/m1/s1. The molecule has 0 radical (unpaired) electrons. The van der Waals surface area contributed by atoms with Gasteiger partial charge in [0.1, 0.15) is 0 Å². The van der Waals surface area contributed by atoms with Gasteiger partial charge in [-0.1, -0.05) is 27.2 Å². The lowest BCUT2D eigenvalue weighted by Gasteiger charge is -2.58. The summed E-state index contributed by atoms with van der Waals surface area (Å²) in [5.74, 6) is 0.410. The van der Waals surface area contributed by atoms with Gasteiger partial charge in [0.2, 0.25) is 0 Å². The second-order valence-electron chi connectivity index (χ2n) is 9.01. The van der Waals surface area contributed by atoms with Gasteiger partial charge in [-0.05, 0) is 68.9 Å². The molecule has 1 aliphatic heterocycles. The zero-order valence-electron chi connectivity index (χ0n) is 16.1. The van der Waals surface area contributed by atoms with Crippen molar-refractivity contribution in [1.29, 1.82) is 0 Å². The van der Waals surface area contributed by atoms with E-state index in [1.165, 1.54) is 32.1 Å². The van der Waals surface area contributed by atoms with Crippen molar-refractivity contribution in [2.24, 2.45) is 28.4 Å². The number of carbonyl (C=O) groups is 1. The van der Waals surface area contributed by atoms with Crippen molar-refractivity contribution in [2.75, 3.05) is 26.2 Å². The van der Waals surface area contributed by atoms with E-state index in [4.69, 9.17) is 10.5 Å². The smallest absolute Gasteiger partial charge is 0.312 e. The summed E-state index contributed by atoms with van der Waals surface area (Å²) in [6.07, 6.45) is 7.39. The topological polar surface area (TPSA) is 55.6 Å². The van der Waals surface area contributed by atoms with Crippen LogP contribution in [-0.4, -0.2) is 42.6 Å². The first-order valence-corrected chi connectivity index (χ1v) is 9.97. The number of ether oxygens (including phenoxy) is 1. The molecule has 1 heterocycles. The SMILES string of the molecule is CCOC(=O)[C@@H](CN)[C@]1(N2CCCCC2)C[C@H]2CC[C@@]1(C)C2(C)C. The molecule has 4 nitrogen and oxygen atoms in total. The van der Waals surface area contributed by atoms with Crippen molar-refractivity contribution in [3.63, 3.8) is 0 Å². The van der Waals surface area contributed by atoms with Gasteiger partial charge in [0.05, 0.1) is 12.5 Å². The van der Waals surface area contributed by atoms with E-state index in [1.54, 1.807) is 0 Å². The fourth-order valence-electron chi connectivity index (χ4n) is 6.58. The van der Waals surface area contributed by atoms with Crippen molar-refractivity contribution in [2.45, 2.75) is 71.8 Å². The summed E-state index contributed by atoms with van der Waals surface area (Å²) in [5, 5.41) is 0. The van der Waals surface area contributed by atoms with Gasteiger partial charge in [-0.2, -0.15) is 0 Å². The van der Waals surface area contributed by atoms with Gasteiger partial charge in [0.25, 0.3) is 0 Å². The van der Waals surface area contributed by atoms with Crippen LogP contribution in [0.1, 0.15) is 66.2 Å². The van der Waals surface area contributed by atoms with Crippen LogP contribution in [0.5, 0.6) is 0 Å². The van der Waals surface area contributed by atoms with E-state index in [0.717, 1.165) is 19.5 Å². The minimum absolute atomic E-state index is 0.0739. The van der Waals surface area contributed by atoms with E-state index in [0.29, 0.717) is 19.1 Å². The van der Waals surface area contributed by atoms with E-state index in [1.807, 2.05) is 6.92 Å².